The Balaban J connectivity index is 1.78. The second kappa shape index (κ2) is 4.90. The SMILES string of the molecule is CC(c1ccc(O)cc1)N1CCCC2CNCC21. The van der Waals surface area contributed by atoms with Gasteiger partial charge in [0.2, 0.25) is 0 Å². The zero-order chi connectivity index (χ0) is 12.5. The van der Waals surface area contributed by atoms with Crippen LogP contribution in [0.3, 0.4) is 0 Å². The second-order valence-corrected chi connectivity index (χ2v) is 5.63. The van der Waals surface area contributed by atoms with Gasteiger partial charge >= 0.3 is 0 Å². The van der Waals surface area contributed by atoms with E-state index in [0.29, 0.717) is 17.8 Å². The minimum atomic E-state index is 0.352. The Labute approximate surface area is 109 Å². The Morgan fingerprint density at radius 2 is 2.06 bits per heavy atom. The summed E-state index contributed by atoms with van der Waals surface area (Å²) in [5.41, 5.74) is 1.31. The third kappa shape index (κ3) is 2.13. The van der Waals surface area contributed by atoms with Gasteiger partial charge in [-0.25, -0.2) is 0 Å². The van der Waals surface area contributed by atoms with Crippen LogP contribution in [0, 0.1) is 5.92 Å². The number of fused-ring (bicyclic) bond motifs is 1. The first-order valence-electron chi connectivity index (χ1n) is 7.01. The predicted molar refractivity (Wildman–Crippen MR) is 72.6 cm³/mol. The zero-order valence-electron chi connectivity index (χ0n) is 11.0. The molecular weight excluding hydrogens is 224 g/mol. The maximum atomic E-state index is 9.38. The van der Waals surface area contributed by atoms with E-state index in [-0.39, 0.29) is 0 Å². The molecule has 0 amide bonds. The first-order valence-corrected chi connectivity index (χ1v) is 7.01. The molecule has 3 rings (SSSR count). The number of phenols is 1. The van der Waals surface area contributed by atoms with Gasteiger partial charge in [0.15, 0.2) is 0 Å². The second-order valence-electron chi connectivity index (χ2n) is 5.63. The molecular formula is C15H22N2O. The summed E-state index contributed by atoms with van der Waals surface area (Å²) in [5.74, 6) is 1.18. The lowest BCUT2D eigenvalue weighted by atomic mass is 9.90. The molecule has 2 aliphatic rings. The molecule has 3 nitrogen and oxygen atoms in total. The summed E-state index contributed by atoms with van der Waals surface area (Å²) in [7, 11) is 0. The molecule has 2 aliphatic heterocycles. The van der Waals surface area contributed by atoms with Gasteiger partial charge in [0.1, 0.15) is 5.75 Å². The van der Waals surface area contributed by atoms with Gasteiger partial charge in [-0.05, 0) is 56.5 Å². The van der Waals surface area contributed by atoms with E-state index >= 15 is 0 Å². The molecule has 2 saturated heterocycles. The van der Waals surface area contributed by atoms with Gasteiger partial charge in [-0.2, -0.15) is 0 Å². The average molecular weight is 246 g/mol. The standard InChI is InChI=1S/C15H22N2O/c1-11(12-4-6-14(18)7-5-12)17-8-2-3-13-9-16-10-15(13)17/h4-7,11,13,15-16,18H,2-3,8-10H2,1H3. The van der Waals surface area contributed by atoms with E-state index in [1.807, 2.05) is 12.1 Å². The largest absolute Gasteiger partial charge is 0.508 e. The number of hydrogen-bond donors (Lipinski definition) is 2. The molecule has 0 radical (unpaired) electrons. The molecule has 1 aromatic carbocycles. The molecule has 0 saturated carbocycles. The summed E-state index contributed by atoms with van der Waals surface area (Å²) in [6.07, 6.45) is 2.68. The fourth-order valence-corrected chi connectivity index (χ4v) is 3.53. The maximum absolute atomic E-state index is 9.38. The first-order chi connectivity index (χ1) is 8.75. The van der Waals surface area contributed by atoms with Crippen LogP contribution in [-0.2, 0) is 0 Å². The molecule has 1 aromatic rings. The third-order valence-corrected chi connectivity index (χ3v) is 4.59. The molecule has 2 heterocycles. The van der Waals surface area contributed by atoms with Crippen LogP contribution in [-0.4, -0.2) is 35.7 Å². The Morgan fingerprint density at radius 3 is 2.83 bits per heavy atom. The average Bonchev–Trinajstić information content (AvgIpc) is 2.87. The molecule has 0 spiro atoms. The molecule has 3 atom stereocenters. The zero-order valence-corrected chi connectivity index (χ0v) is 11.0. The number of rotatable bonds is 2. The number of phenolic OH excluding ortho intramolecular Hbond substituents is 1. The Hall–Kier alpha value is -1.06. The summed E-state index contributed by atoms with van der Waals surface area (Å²) in [4.78, 5) is 2.64. The van der Waals surface area contributed by atoms with Crippen molar-refractivity contribution in [3.63, 3.8) is 0 Å². The summed E-state index contributed by atoms with van der Waals surface area (Å²) >= 11 is 0. The van der Waals surface area contributed by atoms with Gasteiger partial charge in [0.25, 0.3) is 0 Å². The monoisotopic (exact) mass is 246 g/mol. The van der Waals surface area contributed by atoms with Gasteiger partial charge in [0, 0.05) is 18.6 Å². The van der Waals surface area contributed by atoms with Crippen LogP contribution in [0.2, 0.25) is 0 Å². The number of likely N-dealkylation sites (tertiary alicyclic amines) is 1. The minimum absolute atomic E-state index is 0.352. The Bertz CT molecular complexity index is 403. The first kappa shape index (κ1) is 12.0. The van der Waals surface area contributed by atoms with Crippen molar-refractivity contribution >= 4 is 0 Å². The minimum Gasteiger partial charge on any atom is -0.508 e. The van der Waals surface area contributed by atoms with Crippen LogP contribution in [0.15, 0.2) is 24.3 Å². The fourth-order valence-electron chi connectivity index (χ4n) is 3.53. The van der Waals surface area contributed by atoms with Crippen LogP contribution < -0.4 is 5.32 Å². The van der Waals surface area contributed by atoms with Crippen LogP contribution in [0.5, 0.6) is 5.75 Å². The molecule has 18 heavy (non-hydrogen) atoms. The number of aromatic hydroxyl groups is 1. The molecule has 0 aromatic heterocycles. The van der Waals surface area contributed by atoms with Crippen molar-refractivity contribution in [1.29, 1.82) is 0 Å². The highest BCUT2D eigenvalue weighted by atomic mass is 16.3. The lowest BCUT2D eigenvalue weighted by molar-refractivity contribution is 0.0847. The van der Waals surface area contributed by atoms with E-state index in [9.17, 15) is 5.11 Å². The fraction of sp³-hybridized carbons (Fsp3) is 0.600. The van der Waals surface area contributed by atoms with Crippen molar-refractivity contribution in [2.45, 2.75) is 31.8 Å². The van der Waals surface area contributed by atoms with Crippen molar-refractivity contribution < 1.29 is 5.11 Å². The van der Waals surface area contributed by atoms with Crippen LogP contribution in [0.25, 0.3) is 0 Å². The smallest absolute Gasteiger partial charge is 0.115 e. The molecule has 2 N–H and O–H groups in total. The summed E-state index contributed by atoms with van der Waals surface area (Å²) < 4.78 is 0. The lowest BCUT2D eigenvalue weighted by Gasteiger charge is -2.41. The van der Waals surface area contributed by atoms with Crippen LogP contribution in [0.1, 0.15) is 31.4 Å². The molecule has 98 valence electrons. The van der Waals surface area contributed by atoms with Crippen molar-refractivity contribution in [3.8, 4) is 5.75 Å². The number of hydrogen-bond acceptors (Lipinski definition) is 3. The van der Waals surface area contributed by atoms with E-state index in [1.54, 1.807) is 12.1 Å². The van der Waals surface area contributed by atoms with Crippen LogP contribution >= 0.6 is 0 Å². The van der Waals surface area contributed by atoms with Gasteiger partial charge in [-0.1, -0.05) is 12.1 Å². The predicted octanol–water partition coefficient (Wildman–Crippen LogP) is 2.14. The quantitative estimate of drug-likeness (QED) is 0.839. The maximum Gasteiger partial charge on any atom is 0.115 e. The van der Waals surface area contributed by atoms with Crippen molar-refractivity contribution in [1.82, 2.24) is 10.2 Å². The topological polar surface area (TPSA) is 35.5 Å². The lowest BCUT2D eigenvalue weighted by Crippen LogP contribution is -2.46. The van der Waals surface area contributed by atoms with E-state index in [0.717, 1.165) is 12.5 Å². The van der Waals surface area contributed by atoms with E-state index in [2.05, 4.69) is 17.1 Å². The van der Waals surface area contributed by atoms with Gasteiger partial charge in [0.05, 0.1) is 0 Å². The number of benzene rings is 1. The number of nitrogens with zero attached hydrogens (tertiary/aromatic N) is 1. The van der Waals surface area contributed by atoms with Gasteiger partial charge in [-0.15, -0.1) is 0 Å². The van der Waals surface area contributed by atoms with E-state index < -0.39 is 0 Å². The number of nitrogens with one attached hydrogen (secondary N) is 1. The van der Waals surface area contributed by atoms with Gasteiger partial charge < -0.3 is 10.4 Å². The molecule has 0 aliphatic carbocycles. The van der Waals surface area contributed by atoms with Gasteiger partial charge in [-0.3, -0.25) is 4.90 Å². The van der Waals surface area contributed by atoms with Crippen molar-refractivity contribution in [2.24, 2.45) is 5.92 Å². The highest BCUT2D eigenvalue weighted by molar-refractivity contribution is 5.28. The third-order valence-electron chi connectivity index (χ3n) is 4.59. The summed E-state index contributed by atoms with van der Waals surface area (Å²) in [5, 5.41) is 12.9. The highest BCUT2D eigenvalue weighted by Crippen LogP contribution is 2.33. The Morgan fingerprint density at radius 1 is 1.28 bits per heavy atom. The van der Waals surface area contributed by atoms with Crippen molar-refractivity contribution in [2.75, 3.05) is 19.6 Å². The normalized spacial score (nSPS) is 30.1. The summed E-state index contributed by atoms with van der Waals surface area (Å²) in [6, 6.07) is 8.82. The van der Waals surface area contributed by atoms with E-state index in [4.69, 9.17) is 0 Å². The molecule has 3 unspecified atom stereocenters. The summed E-state index contributed by atoms with van der Waals surface area (Å²) in [6.45, 7) is 5.80. The Kier molecular flexibility index (Phi) is 3.27. The molecule has 3 heteroatoms. The highest BCUT2D eigenvalue weighted by Gasteiger charge is 2.37. The molecule has 2 fully saturated rings. The van der Waals surface area contributed by atoms with Crippen LogP contribution in [0.4, 0.5) is 0 Å². The number of piperidine rings is 1. The van der Waals surface area contributed by atoms with E-state index in [1.165, 1.54) is 31.5 Å². The molecule has 0 bridgehead atoms. The van der Waals surface area contributed by atoms with Crippen molar-refractivity contribution in [3.05, 3.63) is 29.8 Å².